The predicted molar refractivity (Wildman–Crippen MR) is 418 cm³/mol. The monoisotopic (exact) mass is 1730 g/mol. The van der Waals surface area contributed by atoms with Gasteiger partial charge in [-0.1, -0.05) is 362 Å². The summed E-state index contributed by atoms with van der Waals surface area (Å²) in [5.41, 5.74) is 35.4. The second-order valence-electron chi connectivity index (χ2n) is 37.2. The summed E-state index contributed by atoms with van der Waals surface area (Å²) in [6.07, 6.45) is 6.36. The van der Waals surface area contributed by atoms with E-state index in [0.717, 1.165) is 60.8 Å². The maximum atomic E-state index is 4.21. The van der Waals surface area contributed by atoms with Crippen LogP contribution in [-0.2, 0) is 92.7 Å². The molecule has 6 aromatic rings. The Morgan fingerprint density at radius 3 is 0.969 bits per heavy atom. The maximum absolute atomic E-state index is 4.21. The molecule has 0 radical (unpaired) electrons. The van der Waals surface area contributed by atoms with Crippen LogP contribution in [-0.4, -0.2) is 0 Å². The largest absolute Gasteiger partial charge is 0.303 e. The van der Waals surface area contributed by atoms with Crippen LogP contribution in [0.25, 0.3) is 11.1 Å². The standard InChI is InChI=1S/C16H23.C16H22.C16H23.C16H22.2C15H18.2U/c2*1-11-9-12-10-13(15(2,3)4)7-8-14(12)16(11,5)6;2*1-11-9-12-7-8-13(15(2,3)4)10-14(12)16(11,5)6;2*1-10-8-12-9-13(15(3,4)5)6-7-14(12)11(10)2;;/h7-8,10H,9H2,1-6H3;7-8,10H,1,9H2,2-6H3;7-8,10H,9H2,1-6H3;7-8,10H,1,9H2,2-6H3;2*6-7,9H,1-2,8H2,3-5H3;;/q-1;;-1;;;;;. The van der Waals surface area contributed by atoms with Crippen LogP contribution in [0, 0.1) is 74.1 Å². The van der Waals surface area contributed by atoms with Gasteiger partial charge in [0.25, 0.3) is 0 Å². The number of allylic oxidation sites excluding steroid dienone is 6. The van der Waals surface area contributed by atoms with Crippen molar-refractivity contribution < 1.29 is 62.2 Å². The van der Waals surface area contributed by atoms with E-state index >= 15 is 0 Å². The van der Waals surface area contributed by atoms with E-state index in [-0.39, 0.29) is 116 Å². The zero-order valence-corrected chi connectivity index (χ0v) is 74.2. The fraction of sp³-hybridized carbons (Fsp3) is 0.468. The molecule has 0 N–H and O–H groups in total. The molecule has 96 heavy (non-hydrogen) atoms. The first-order valence-electron chi connectivity index (χ1n) is 35.3. The molecular formula is C94H126U2-2. The summed E-state index contributed by atoms with van der Waals surface area (Å²) >= 11 is 0. The summed E-state index contributed by atoms with van der Waals surface area (Å²) < 4.78 is 0. The molecular weight excluding hydrogens is 1610 g/mol. The fourth-order valence-electron chi connectivity index (χ4n) is 14.0. The van der Waals surface area contributed by atoms with E-state index in [1.165, 1.54) is 111 Å². The minimum atomic E-state index is 0. The van der Waals surface area contributed by atoms with Crippen molar-refractivity contribution >= 4 is 11.1 Å². The fourth-order valence-corrected chi connectivity index (χ4v) is 14.0. The van der Waals surface area contributed by atoms with E-state index in [0.29, 0.717) is 0 Å². The molecule has 0 spiro atoms. The average molecular weight is 1730 g/mol. The Bertz CT molecular complexity index is 3830. The van der Waals surface area contributed by atoms with Gasteiger partial charge in [0.2, 0.25) is 0 Å². The number of hydrogen-bond donors (Lipinski definition) is 0. The van der Waals surface area contributed by atoms with Crippen molar-refractivity contribution in [3.05, 3.63) is 283 Å². The number of hydrogen-bond acceptors (Lipinski definition) is 0. The summed E-state index contributed by atoms with van der Waals surface area (Å²) in [5, 5.41) is 0. The first-order chi connectivity index (χ1) is 42.7. The molecule has 0 atom stereocenters. The molecule has 0 fully saturated rings. The van der Waals surface area contributed by atoms with Gasteiger partial charge in [-0.05, 0) is 158 Å². The second-order valence-corrected chi connectivity index (χ2v) is 37.2. The van der Waals surface area contributed by atoms with E-state index in [1.807, 2.05) is 0 Å². The Kier molecular flexibility index (Phi) is 25.3. The minimum Gasteiger partial charge on any atom is -0.303 e. The van der Waals surface area contributed by atoms with Crippen LogP contribution in [0.5, 0.6) is 0 Å². The molecule has 12 rings (SSSR count). The third-order valence-corrected chi connectivity index (χ3v) is 22.5. The van der Waals surface area contributed by atoms with E-state index in [2.05, 4.69) is 343 Å². The van der Waals surface area contributed by atoms with Gasteiger partial charge < -0.3 is 11.8 Å². The molecule has 0 nitrogen and oxygen atoms in total. The number of fused-ring (bicyclic) bond motifs is 6. The van der Waals surface area contributed by atoms with Crippen LogP contribution in [0.4, 0.5) is 0 Å². The summed E-state index contributed by atoms with van der Waals surface area (Å²) in [7, 11) is 0. The topological polar surface area (TPSA) is 0 Å². The zero-order valence-electron chi connectivity index (χ0n) is 65.9. The number of benzene rings is 6. The van der Waals surface area contributed by atoms with Crippen LogP contribution < -0.4 is 0 Å². The SMILES string of the molecule is C=C1Cc2cc(C(C)(C)C)ccc2C1(C)C.C=C1Cc2cc(C(C)(C)C)ccc2C1=C.C=C1Cc2cc(C(C)(C)C)ccc2C1=C.C=C1Cc2ccc(C(C)(C)C)cc2C1(C)C.C[C-]1Cc2cc(C(C)(C)C)ccc2C1(C)C.C[C-]1Cc2ccc(C(C)(C)C)cc2C1(C)C.[U].[U]. The maximum Gasteiger partial charge on any atom is 0.0109 e. The van der Waals surface area contributed by atoms with Crippen molar-refractivity contribution in [3.63, 3.8) is 0 Å². The van der Waals surface area contributed by atoms with Crippen molar-refractivity contribution in [3.8, 4) is 0 Å². The molecule has 0 amide bonds. The van der Waals surface area contributed by atoms with Crippen molar-refractivity contribution in [2.24, 2.45) is 0 Å². The van der Waals surface area contributed by atoms with Gasteiger partial charge in [-0.3, -0.25) is 0 Å². The van der Waals surface area contributed by atoms with Crippen LogP contribution >= 0.6 is 0 Å². The zero-order chi connectivity index (χ0) is 71.0. The molecule has 0 aliphatic heterocycles. The van der Waals surface area contributed by atoms with Crippen molar-refractivity contribution in [1.82, 2.24) is 0 Å². The van der Waals surface area contributed by atoms with Gasteiger partial charge in [0.05, 0.1) is 0 Å². The van der Waals surface area contributed by atoms with Gasteiger partial charge in [-0.15, -0.1) is 10.8 Å². The molecule has 6 aliphatic rings. The minimum absolute atomic E-state index is 0. The van der Waals surface area contributed by atoms with Gasteiger partial charge >= 0.3 is 0 Å². The van der Waals surface area contributed by atoms with E-state index < -0.39 is 0 Å². The Labute approximate surface area is 637 Å². The Morgan fingerprint density at radius 2 is 0.573 bits per heavy atom. The average Bonchev–Trinajstić information content (AvgIpc) is 1.63. The molecule has 0 unspecified atom stereocenters. The van der Waals surface area contributed by atoms with Crippen molar-refractivity contribution in [2.45, 2.75) is 287 Å². The third-order valence-electron chi connectivity index (χ3n) is 22.5. The molecule has 2 heteroatoms. The molecule has 0 heterocycles. The van der Waals surface area contributed by atoms with E-state index in [4.69, 9.17) is 0 Å². The third kappa shape index (κ3) is 18.1. The molecule has 512 valence electrons. The first kappa shape index (κ1) is 82.5. The van der Waals surface area contributed by atoms with Crippen LogP contribution in [0.3, 0.4) is 0 Å². The van der Waals surface area contributed by atoms with Gasteiger partial charge in [0.1, 0.15) is 0 Å². The molecule has 0 bridgehead atoms. The molecule has 0 aromatic heterocycles. The van der Waals surface area contributed by atoms with E-state index in [1.54, 1.807) is 11.8 Å². The summed E-state index contributed by atoms with van der Waals surface area (Å²) in [6, 6.07) is 41.4. The van der Waals surface area contributed by atoms with Gasteiger partial charge in [0, 0.05) is 73.1 Å². The smallest absolute Gasteiger partial charge is 0.0109 e. The summed E-state index contributed by atoms with van der Waals surface area (Å²) in [5.74, 6) is 3.18. The predicted octanol–water partition coefficient (Wildman–Crippen LogP) is 25.8. The summed E-state index contributed by atoms with van der Waals surface area (Å²) in [4.78, 5) is 0. The van der Waals surface area contributed by atoms with Crippen molar-refractivity contribution in [1.29, 1.82) is 0 Å². The Balaban J connectivity index is 0.000000208. The van der Waals surface area contributed by atoms with E-state index in [9.17, 15) is 0 Å². The second kappa shape index (κ2) is 29.4. The number of rotatable bonds is 0. The molecule has 6 aliphatic carbocycles. The van der Waals surface area contributed by atoms with Crippen LogP contribution in [0.15, 0.2) is 171 Å². The molecule has 0 saturated carbocycles. The molecule has 0 saturated heterocycles. The van der Waals surface area contributed by atoms with Crippen molar-refractivity contribution in [2.75, 3.05) is 0 Å². The molecule has 6 aromatic carbocycles. The normalized spacial score (nSPS) is 17.8. The summed E-state index contributed by atoms with van der Waals surface area (Å²) in [6.45, 7) is 88.5. The Morgan fingerprint density at radius 1 is 0.292 bits per heavy atom. The van der Waals surface area contributed by atoms with Gasteiger partial charge in [-0.2, -0.15) is 26.7 Å². The van der Waals surface area contributed by atoms with Crippen LogP contribution in [0.2, 0.25) is 0 Å². The van der Waals surface area contributed by atoms with Gasteiger partial charge in [-0.25, -0.2) is 0 Å². The quantitative estimate of drug-likeness (QED) is 0.105. The van der Waals surface area contributed by atoms with Crippen LogP contribution in [0.1, 0.15) is 294 Å². The van der Waals surface area contributed by atoms with Gasteiger partial charge in [0.15, 0.2) is 0 Å². The Hall–Kier alpha value is -4.14. The first-order valence-corrected chi connectivity index (χ1v) is 35.3.